The van der Waals surface area contributed by atoms with Gasteiger partial charge in [0.2, 0.25) is 0 Å². The average Bonchev–Trinajstić information content (AvgIpc) is 2.67. The number of hydrogen-bond donors (Lipinski definition) is 1. The van der Waals surface area contributed by atoms with E-state index in [9.17, 15) is 0 Å². The number of benzene rings is 1. The van der Waals surface area contributed by atoms with Crippen molar-refractivity contribution in [3.8, 4) is 5.69 Å². The van der Waals surface area contributed by atoms with Crippen LogP contribution in [0.5, 0.6) is 0 Å². The zero-order valence-electron chi connectivity index (χ0n) is 11.1. The van der Waals surface area contributed by atoms with Crippen LogP contribution in [-0.2, 0) is 6.42 Å². The molecule has 2 nitrogen and oxygen atoms in total. The number of nitrogens with two attached hydrogens (primary N) is 1. The maximum atomic E-state index is 6.36. The van der Waals surface area contributed by atoms with Crippen LogP contribution < -0.4 is 5.73 Å². The van der Waals surface area contributed by atoms with Crippen molar-refractivity contribution in [2.45, 2.75) is 32.2 Å². The van der Waals surface area contributed by atoms with E-state index in [1.165, 1.54) is 11.3 Å². The summed E-state index contributed by atoms with van der Waals surface area (Å²) >= 11 is 18.7. The normalized spacial score (nSPS) is 18.1. The molecule has 1 aromatic carbocycles. The van der Waals surface area contributed by atoms with Crippen LogP contribution in [0.25, 0.3) is 5.69 Å². The fraction of sp³-hybridized carbons (Fsp3) is 0.333. The second kappa shape index (κ2) is 5.27. The predicted molar refractivity (Wildman–Crippen MR) is 85.4 cm³/mol. The van der Waals surface area contributed by atoms with Crippen molar-refractivity contribution in [1.29, 1.82) is 0 Å². The first kappa shape index (κ1) is 14.3. The van der Waals surface area contributed by atoms with Gasteiger partial charge in [0.1, 0.15) is 0 Å². The number of rotatable bonds is 1. The fourth-order valence-corrected chi connectivity index (χ4v) is 3.98. The highest BCUT2D eigenvalue weighted by molar-refractivity contribution is 6.40. The molecule has 0 radical (unpaired) electrons. The summed E-state index contributed by atoms with van der Waals surface area (Å²) in [6.45, 7) is 2.05. The van der Waals surface area contributed by atoms with Gasteiger partial charge < -0.3 is 10.3 Å². The Kier molecular flexibility index (Phi) is 3.76. The summed E-state index contributed by atoms with van der Waals surface area (Å²) in [5.74, 6) is 0. The van der Waals surface area contributed by atoms with Gasteiger partial charge in [-0.25, -0.2) is 0 Å². The molecular formula is C15H15Cl3N2. The van der Waals surface area contributed by atoms with Crippen LogP contribution in [0.4, 0.5) is 0 Å². The molecule has 1 aromatic heterocycles. The van der Waals surface area contributed by atoms with Crippen molar-refractivity contribution in [3.63, 3.8) is 0 Å². The quantitative estimate of drug-likeness (QED) is 0.777. The summed E-state index contributed by atoms with van der Waals surface area (Å²) in [6.07, 6.45) is 3.10. The van der Waals surface area contributed by atoms with Crippen LogP contribution in [0.2, 0.25) is 15.1 Å². The summed E-state index contributed by atoms with van der Waals surface area (Å²) in [5, 5.41) is 1.66. The molecule has 0 amide bonds. The highest BCUT2D eigenvalue weighted by atomic mass is 35.5. The van der Waals surface area contributed by atoms with Crippen molar-refractivity contribution >= 4 is 34.8 Å². The minimum Gasteiger partial charge on any atom is -0.324 e. The van der Waals surface area contributed by atoms with Crippen LogP contribution in [-0.4, -0.2) is 4.57 Å². The van der Waals surface area contributed by atoms with E-state index in [0.717, 1.165) is 30.6 Å². The van der Waals surface area contributed by atoms with Crippen molar-refractivity contribution < 1.29 is 0 Å². The average molecular weight is 330 g/mol. The van der Waals surface area contributed by atoms with E-state index in [1.807, 2.05) is 6.92 Å². The van der Waals surface area contributed by atoms with Gasteiger partial charge in [-0.1, -0.05) is 34.8 Å². The molecule has 20 heavy (non-hydrogen) atoms. The van der Waals surface area contributed by atoms with Gasteiger partial charge in [-0.05, 0) is 49.9 Å². The molecule has 2 aromatic rings. The van der Waals surface area contributed by atoms with Crippen molar-refractivity contribution in [2.24, 2.45) is 5.73 Å². The van der Waals surface area contributed by atoms with Gasteiger partial charge in [0.05, 0.1) is 15.7 Å². The minimum atomic E-state index is 0.101. The molecule has 1 atom stereocenters. The third kappa shape index (κ3) is 2.25. The van der Waals surface area contributed by atoms with Crippen molar-refractivity contribution in [2.75, 3.05) is 0 Å². The van der Waals surface area contributed by atoms with Gasteiger partial charge in [-0.15, -0.1) is 0 Å². The number of aryl methyl sites for hydroxylation is 1. The topological polar surface area (TPSA) is 30.9 Å². The summed E-state index contributed by atoms with van der Waals surface area (Å²) in [7, 11) is 0. The molecule has 1 aliphatic carbocycles. The predicted octanol–water partition coefficient (Wildman–Crippen LogP) is 5.08. The van der Waals surface area contributed by atoms with Crippen LogP contribution >= 0.6 is 34.8 Å². The number of hydrogen-bond acceptors (Lipinski definition) is 1. The Morgan fingerprint density at radius 1 is 1.15 bits per heavy atom. The molecule has 3 rings (SSSR count). The largest absolute Gasteiger partial charge is 0.324 e. The molecule has 2 N–H and O–H groups in total. The van der Waals surface area contributed by atoms with Gasteiger partial charge in [-0.2, -0.15) is 0 Å². The molecule has 0 aliphatic heterocycles. The molecule has 1 aliphatic rings. The molecule has 5 heteroatoms. The highest BCUT2D eigenvalue weighted by Gasteiger charge is 2.24. The van der Waals surface area contributed by atoms with E-state index in [0.29, 0.717) is 15.1 Å². The molecule has 0 fully saturated rings. The third-order valence-corrected chi connectivity index (χ3v) is 4.65. The summed E-state index contributed by atoms with van der Waals surface area (Å²) < 4.78 is 2.12. The molecule has 0 saturated heterocycles. The van der Waals surface area contributed by atoms with Gasteiger partial charge in [0, 0.05) is 22.5 Å². The number of nitrogens with zero attached hydrogens (tertiary/aromatic N) is 1. The molecular weight excluding hydrogens is 315 g/mol. The van der Waals surface area contributed by atoms with Gasteiger partial charge in [0.25, 0.3) is 0 Å². The van der Waals surface area contributed by atoms with E-state index >= 15 is 0 Å². The van der Waals surface area contributed by atoms with E-state index in [2.05, 4.69) is 10.6 Å². The van der Waals surface area contributed by atoms with E-state index in [1.54, 1.807) is 12.1 Å². The third-order valence-electron chi connectivity index (χ3n) is 3.85. The second-order valence-corrected chi connectivity index (χ2v) is 6.49. The SMILES string of the molecule is Cc1cc2c(n1-c1c(Cl)cc(Cl)cc1Cl)CCCC2N. The first-order chi connectivity index (χ1) is 9.49. The zero-order chi connectivity index (χ0) is 14.4. The Morgan fingerprint density at radius 3 is 2.45 bits per heavy atom. The molecule has 1 unspecified atom stereocenters. The summed E-state index contributed by atoms with van der Waals surface area (Å²) in [5.41, 5.74) is 10.5. The fourth-order valence-electron chi connectivity index (χ4n) is 3.00. The molecule has 106 valence electrons. The standard InChI is InChI=1S/C15H15Cl3N2/c1-8-5-10-13(19)3-2-4-14(10)20(8)15-11(17)6-9(16)7-12(15)18/h5-7,13H,2-4,19H2,1H3. The van der Waals surface area contributed by atoms with Crippen molar-refractivity contribution in [3.05, 3.63) is 50.2 Å². The van der Waals surface area contributed by atoms with Crippen LogP contribution in [0.1, 0.15) is 35.8 Å². The lowest BCUT2D eigenvalue weighted by molar-refractivity contribution is 0.560. The van der Waals surface area contributed by atoms with E-state index < -0.39 is 0 Å². The Bertz CT molecular complexity index is 653. The van der Waals surface area contributed by atoms with Crippen molar-refractivity contribution in [1.82, 2.24) is 4.57 Å². The lowest BCUT2D eigenvalue weighted by Crippen LogP contribution is -2.18. The Labute approximate surface area is 133 Å². The minimum absolute atomic E-state index is 0.101. The van der Waals surface area contributed by atoms with Crippen LogP contribution in [0.15, 0.2) is 18.2 Å². The summed E-state index contributed by atoms with van der Waals surface area (Å²) in [6, 6.07) is 5.68. The lowest BCUT2D eigenvalue weighted by atomic mass is 9.93. The molecule has 0 spiro atoms. The van der Waals surface area contributed by atoms with E-state index in [4.69, 9.17) is 40.5 Å². The monoisotopic (exact) mass is 328 g/mol. The molecule has 0 bridgehead atoms. The lowest BCUT2D eigenvalue weighted by Gasteiger charge is -2.22. The Balaban J connectivity index is 2.26. The van der Waals surface area contributed by atoms with Gasteiger partial charge in [-0.3, -0.25) is 0 Å². The van der Waals surface area contributed by atoms with Crippen LogP contribution in [0, 0.1) is 6.92 Å². The van der Waals surface area contributed by atoms with Gasteiger partial charge in [0.15, 0.2) is 0 Å². The van der Waals surface area contributed by atoms with E-state index in [-0.39, 0.29) is 6.04 Å². The maximum Gasteiger partial charge on any atom is 0.0831 e. The highest BCUT2D eigenvalue weighted by Crippen LogP contribution is 2.38. The first-order valence-corrected chi connectivity index (χ1v) is 7.74. The Morgan fingerprint density at radius 2 is 1.80 bits per heavy atom. The number of aromatic nitrogens is 1. The van der Waals surface area contributed by atoms with Gasteiger partial charge >= 0.3 is 0 Å². The zero-order valence-corrected chi connectivity index (χ0v) is 13.4. The summed E-state index contributed by atoms with van der Waals surface area (Å²) in [4.78, 5) is 0. The Hall–Kier alpha value is -0.670. The van der Waals surface area contributed by atoms with Crippen LogP contribution in [0.3, 0.4) is 0 Å². The maximum absolute atomic E-state index is 6.36. The second-order valence-electron chi connectivity index (χ2n) is 5.24. The smallest absolute Gasteiger partial charge is 0.0831 e. The first-order valence-electron chi connectivity index (χ1n) is 6.60. The number of halogens is 3. The molecule has 1 heterocycles. The molecule has 0 saturated carbocycles. The number of fused-ring (bicyclic) bond motifs is 1.